The van der Waals surface area contributed by atoms with Crippen molar-refractivity contribution in [1.82, 2.24) is 0 Å². The molecule has 0 aromatic rings. The average molecular weight is 344 g/mol. The van der Waals surface area contributed by atoms with Gasteiger partial charge in [-0.25, -0.2) is 0 Å². The lowest BCUT2D eigenvalue weighted by molar-refractivity contribution is -0.162. The average Bonchev–Trinajstić information content (AvgIpc) is 2.54. The third kappa shape index (κ3) is 8.89. The van der Waals surface area contributed by atoms with E-state index in [4.69, 9.17) is 14.2 Å². The minimum atomic E-state index is -0.850. The summed E-state index contributed by atoms with van der Waals surface area (Å²) < 4.78 is 14.9. The molecule has 0 heterocycles. The maximum atomic E-state index is 11.9. The van der Waals surface area contributed by atoms with Gasteiger partial charge >= 0.3 is 17.9 Å². The molecule has 0 saturated heterocycles. The minimum absolute atomic E-state index is 0.0733. The van der Waals surface area contributed by atoms with Gasteiger partial charge in [0.15, 0.2) is 5.92 Å². The van der Waals surface area contributed by atoms with Gasteiger partial charge in [-0.1, -0.05) is 26.2 Å². The molecule has 0 fully saturated rings. The fraction of sp³-hybridized carbons (Fsp3) is 0.833. The standard InChI is InChI=1S/C18H32O6/c1-5-14(16(19)22-6-2)12-10-9-11-13-15(17(20)23-7-3)18(21)24-8-4/h14-15H,5-13H2,1-4H3. The van der Waals surface area contributed by atoms with Gasteiger partial charge in [0, 0.05) is 0 Å². The van der Waals surface area contributed by atoms with E-state index in [1.165, 1.54) is 0 Å². The summed E-state index contributed by atoms with van der Waals surface area (Å²) >= 11 is 0. The van der Waals surface area contributed by atoms with Crippen LogP contribution in [-0.2, 0) is 28.6 Å². The van der Waals surface area contributed by atoms with Crippen molar-refractivity contribution in [3.63, 3.8) is 0 Å². The molecule has 0 aliphatic rings. The Kier molecular flexibility index (Phi) is 12.9. The summed E-state index contributed by atoms with van der Waals surface area (Å²) in [5.74, 6) is -2.11. The van der Waals surface area contributed by atoms with Crippen LogP contribution < -0.4 is 0 Å². The largest absolute Gasteiger partial charge is 0.466 e. The number of rotatable bonds is 13. The molecule has 140 valence electrons. The fourth-order valence-electron chi connectivity index (χ4n) is 2.48. The van der Waals surface area contributed by atoms with E-state index in [1.54, 1.807) is 20.8 Å². The highest BCUT2D eigenvalue weighted by Crippen LogP contribution is 2.19. The van der Waals surface area contributed by atoms with E-state index in [1.807, 2.05) is 6.92 Å². The lowest BCUT2D eigenvalue weighted by Gasteiger charge is -2.15. The molecule has 0 aliphatic carbocycles. The Morgan fingerprint density at radius 1 is 0.667 bits per heavy atom. The molecule has 0 amide bonds. The van der Waals surface area contributed by atoms with Gasteiger partial charge in [0.2, 0.25) is 0 Å². The summed E-state index contributed by atoms with van der Waals surface area (Å²) in [5.41, 5.74) is 0. The Morgan fingerprint density at radius 2 is 1.12 bits per heavy atom. The number of hydrogen-bond acceptors (Lipinski definition) is 6. The lowest BCUT2D eigenvalue weighted by atomic mass is 9.96. The van der Waals surface area contributed by atoms with Gasteiger partial charge in [-0.2, -0.15) is 0 Å². The van der Waals surface area contributed by atoms with Crippen molar-refractivity contribution >= 4 is 17.9 Å². The molecule has 6 nitrogen and oxygen atoms in total. The molecule has 0 aliphatic heterocycles. The molecule has 0 N–H and O–H groups in total. The maximum absolute atomic E-state index is 11.9. The molecule has 0 saturated carbocycles. The van der Waals surface area contributed by atoms with E-state index in [0.717, 1.165) is 25.7 Å². The highest BCUT2D eigenvalue weighted by Gasteiger charge is 2.28. The first kappa shape index (κ1) is 22.4. The quantitative estimate of drug-likeness (QED) is 0.221. The summed E-state index contributed by atoms with van der Waals surface area (Å²) in [6, 6.07) is 0. The smallest absolute Gasteiger partial charge is 0.320 e. The van der Waals surface area contributed by atoms with Gasteiger partial charge < -0.3 is 14.2 Å². The highest BCUT2D eigenvalue weighted by atomic mass is 16.6. The van der Waals surface area contributed by atoms with Gasteiger partial charge in [0.05, 0.1) is 25.7 Å². The van der Waals surface area contributed by atoms with E-state index in [-0.39, 0.29) is 25.1 Å². The van der Waals surface area contributed by atoms with Crippen molar-refractivity contribution in [2.75, 3.05) is 19.8 Å². The van der Waals surface area contributed by atoms with Gasteiger partial charge in [0.25, 0.3) is 0 Å². The second-order valence-corrected chi connectivity index (χ2v) is 5.55. The number of ether oxygens (including phenoxy) is 3. The van der Waals surface area contributed by atoms with E-state index in [2.05, 4.69) is 0 Å². The summed E-state index contributed by atoms with van der Waals surface area (Å²) in [6.45, 7) is 8.07. The van der Waals surface area contributed by atoms with Crippen LogP contribution in [0.5, 0.6) is 0 Å². The van der Waals surface area contributed by atoms with E-state index < -0.39 is 17.9 Å². The number of unbranched alkanes of at least 4 members (excludes halogenated alkanes) is 2. The lowest BCUT2D eigenvalue weighted by Crippen LogP contribution is -2.28. The van der Waals surface area contributed by atoms with Crippen LogP contribution in [0.2, 0.25) is 0 Å². The SMILES string of the molecule is CCOC(=O)C(CC)CCCCCC(C(=O)OCC)C(=O)OCC. The molecule has 0 aromatic heterocycles. The zero-order valence-corrected chi connectivity index (χ0v) is 15.5. The molecule has 1 unspecified atom stereocenters. The maximum Gasteiger partial charge on any atom is 0.320 e. The van der Waals surface area contributed by atoms with Gasteiger partial charge in [0.1, 0.15) is 0 Å². The third-order valence-electron chi connectivity index (χ3n) is 3.80. The van der Waals surface area contributed by atoms with Crippen LogP contribution >= 0.6 is 0 Å². The Hall–Kier alpha value is -1.59. The molecule has 6 heteroatoms. The first-order valence-corrected chi connectivity index (χ1v) is 9.01. The molecule has 0 radical (unpaired) electrons. The third-order valence-corrected chi connectivity index (χ3v) is 3.80. The topological polar surface area (TPSA) is 78.9 Å². The first-order valence-electron chi connectivity index (χ1n) is 9.01. The van der Waals surface area contributed by atoms with Crippen LogP contribution in [0.3, 0.4) is 0 Å². The summed E-state index contributed by atoms with van der Waals surface area (Å²) in [7, 11) is 0. The summed E-state index contributed by atoms with van der Waals surface area (Å²) in [6.07, 6.45) is 4.34. The molecular formula is C18H32O6. The Balaban J connectivity index is 4.24. The van der Waals surface area contributed by atoms with Crippen LogP contribution in [-0.4, -0.2) is 37.7 Å². The van der Waals surface area contributed by atoms with Gasteiger partial charge in [-0.3, -0.25) is 14.4 Å². The van der Waals surface area contributed by atoms with E-state index in [9.17, 15) is 14.4 Å². The van der Waals surface area contributed by atoms with Crippen LogP contribution in [0.25, 0.3) is 0 Å². The van der Waals surface area contributed by atoms with Gasteiger partial charge in [-0.05, 0) is 40.0 Å². The van der Waals surface area contributed by atoms with E-state index >= 15 is 0 Å². The van der Waals surface area contributed by atoms with Crippen molar-refractivity contribution < 1.29 is 28.6 Å². The highest BCUT2D eigenvalue weighted by molar-refractivity contribution is 5.94. The minimum Gasteiger partial charge on any atom is -0.466 e. The number of carbonyl (C=O) groups is 3. The molecule has 0 aromatic carbocycles. The number of hydrogen-bond donors (Lipinski definition) is 0. The summed E-state index contributed by atoms with van der Waals surface area (Å²) in [4.78, 5) is 35.4. The van der Waals surface area contributed by atoms with Crippen LogP contribution in [0, 0.1) is 11.8 Å². The van der Waals surface area contributed by atoms with Crippen molar-refractivity contribution in [3.8, 4) is 0 Å². The second-order valence-electron chi connectivity index (χ2n) is 5.55. The van der Waals surface area contributed by atoms with Crippen molar-refractivity contribution in [2.45, 2.75) is 66.2 Å². The van der Waals surface area contributed by atoms with Crippen molar-refractivity contribution in [1.29, 1.82) is 0 Å². The molecule has 0 spiro atoms. The molecule has 0 bridgehead atoms. The zero-order valence-electron chi connectivity index (χ0n) is 15.5. The van der Waals surface area contributed by atoms with Gasteiger partial charge in [-0.15, -0.1) is 0 Å². The summed E-state index contributed by atoms with van der Waals surface area (Å²) in [5, 5.41) is 0. The molecule has 1 atom stereocenters. The molecule has 24 heavy (non-hydrogen) atoms. The zero-order chi connectivity index (χ0) is 18.4. The molecular weight excluding hydrogens is 312 g/mol. The monoisotopic (exact) mass is 344 g/mol. The molecule has 0 rings (SSSR count). The predicted octanol–water partition coefficient (Wildman–Crippen LogP) is 3.27. The van der Waals surface area contributed by atoms with Crippen molar-refractivity contribution in [3.05, 3.63) is 0 Å². The normalized spacial score (nSPS) is 11.9. The Bertz CT molecular complexity index is 362. The van der Waals surface area contributed by atoms with Crippen LogP contribution in [0.1, 0.15) is 66.2 Å². The van der Waals surface area contributed by atoms with E-state index in [0.29, 0.717) is 19.4 Å². The van der Waals surface area contributed by atoms with Crippen LogP contribution in [0.15, 0.2) is 0 Å². The predicted molar refractivity (Wildman–Crippen MR) is 90.3 cm³/mol. The second kappa shape index (κ2) is 13.8. The number of carbonyl (C=O) groups excluding carboxylic acids is 3. The van der Waals surface area contributed by atoms with Crippen molar-refractivity contribution in [2.24, 2.45) is 11.8 Å². The Labute approximate surface area is 145 Å². The Morgan fingerprint density at radius 3 is 1.58 bits per heavy atom. The first-order chi connectivity index (χ1) is 11.5. The number of esters is 3. The van der Waals surface area contributed by atoms with Crippen LogP contribution in [0.4, 0.5) is 0 Å². The fourth-order valence-corrected chi connectivity index (χ4v) is 2.48.